The number of hydrogen-bond donors (Lipinski definition) is 0. The maximum Gasteiger partial charge on any atom is 0.184 e. The highest BCUT2D eigenvalue weighted by molar-refractivity contribution is 5.67. The van der Waals surface area contributed by atoms with Crippen molar-refractivity contribution in [2.75, 3.05) is 13.2 Å². The van der Waals surface area contributed by atoms with Gasteiger partial charge in [0, 0.05) is 5.56 Å². The van der Waals surface area contributed by atoms with Gasteiger partial charge in [0.25, 0.3) is 0 Å². The molecule has 0 radical (unpaired) electrons. The number of benzene rings is 2. The molecule has 18 heavy (non-hydrogen) atoms. The van der Waals surface area contributed by atoms with Crippen LogP contribution in [-0.2, 0) is 9.47 Å². The van der Waals surface area contributed by atoms with Crippen LogP contribution in [0.15, 0.2) is 48.5 Å². The molecule has 1 fully saturated rings. The molecule has 0 amide bonds. The van der Waals surface area contributed by atoms with Gasteiger partial charge >= 0.3 is 0 Å². The Kier molecular flexibility index (Phi) is 3.13. The van der Waals surface area contributed by atoms with Gasteiger partial charge in [0.15, 0.2) is 6.29 Å². The van der Waals surface area contributed by atoms with Crippen molar-refractivity contribution < 1.29 is 9.47 Å². The van der Waals surface area contributed by atoms with Gasteiger partial charge in [0.1, 0.15) is 0 Å². The van der Waals surface area contributed by atoms with Gasteiger partial charge in [-0.05, 0) is 23.6 Å². The fourth-order valence-electron chi connectivity index (χ4n) is 2.27. The zero-order valence-corrected chi connectivity index (χ0v) is 10.4. The van der Waals surface area contributed by atoms with Crippen LogP contribution in [0.1, 0.15) is 17.4 Å². The van der Waals surface area contributed by atoms with Crippen molar-refractivity contribution >= 4 is 0 Å². The molecule has 3 rings (SSSR count). The third-order valence-electron chi connectivity index (χ3n) is 3.26. The van der Waals surface area contributed by atoms with Crippen LogP contribution in [-0.4, -0.2) is 13.2 Å². The lowest BCUT2D eigenvalue weighted by Crippen LogP contribution is -1.97. The summed E-state index contributed by atoms with van der Waals surface area (Å²) in [6, 6.07) is 16.8. The van der Waals surface area contributed by atoms with Crippen LogP contribution in [0.5, 0.6) is 0 Å². The fraction of sp³-hybridized carbons (Fsp3) is 0.250. The maximum absolute atomic E-state index is 5.49. The quantitative estimate of drug-likeness (QED) is 0.796. The highest BCUT2D eigenvalue weighted by Crippen LogP contribution is 2.27. The van der Waals surface area contributed by atoms with E-state index in [1.54, 1.807) is 0 Å². The molecule has 2 heteroatoms. The van der Waals surface area contributed by atoms with Crippen LogP contribution in [0.25, 0.3) is 11.1 Å². The molecule has 0 N–H and O–H groups in total. The molecule has 2 nitrogen and oxygen atoms in total. The summed E-state index contributed by atoms with van der Waals surface area (Å²) >= 11 is 0. The minimum atomic E-state index is -0.184. The number of ether oxygens (including phenoxy) is 2. The Bertz CT molecular complexity index is 525. The standard InChI is InChI=1S/C16H16O2/c1-12-4-2-3-5-15(12)13-6-8-14(9-7-13)16-17-10-11-18-16/h2-9,16H,10-11H2,1H3. The van der Waals surface area contributed by atoms with E-state index in [4.69, 9.17) is 9.47 Å². The van der Waals surface area contributed by atoms with Crippen molar-refractivity contribution in [3.63, 3.8) is 0 Å². The van der Waals surface area contributed by atoms with Crippen molar-refractivity contribution in [1.29, 1.82) is 0 Å². The topological polar surface area (TPSA) is 18.5 Å². The van der Waals surface area contributed by atoms with Crippen LogP contribution in [0.3, 0.4) is 0 Å². The van der Waals surface area contributed by atoms with Gasteiger partial charge in [0.2, 0.25) is 0 Å². The molecule has 0 bridgehead atoms. The van der Waals surface area contributed by atoms with Crippen molar-refractivity contribution in [2.45, 2.75) is 13.2 Å². The number of hydrogen-bond acceptors (Lipinski definition) is 2. The Morgan fingerprint density at radius 1 is 0.889 bits per heavy atom. The van der Waals surface area contributed by atoms with E-state index in [9.17, 15) is 0 Å². The number of rotatable bonds is 2. The van der Waals surface area contributed by atoms with Crippen molar-refractivity contribution in [2.24, 2.45) is 0 Å². The normalized spacial score (nSPS) is 16.1. The molecule has 0 atom stereocenters. The largest absolute Gasteiger partial charge is 0.346 e. The summed E-state index contributed by atoms with van der Waals surface area (Å²) in [6.45, 7) is 3.50. The molecule has 1 aliphatic rings. The Labute approximate surface area is 107 Å². The fourth-order valence-corrected chi connectivity index (χ4v) is 2.27. The Hall–Kier alpha value is -1.64. The van der Waals surface area contributed by atoms with Crippen LogP contribution in [0.2, 0.25) is 0 Å². The van der Waals surface area contributed by atoms with Gasteiger partial charge in [-0.3, -0.25) is 0 Å². The first-order valence-corrected chi connectivity index (χ1v) is 6.24. The van der Waals surface area contributed by atoms with Crippen LogP contribution in [0, 0.1) is 6.92 Å². The predicted molar refractivity (Wildman–Crippen MR) is 71.3 cm³/mol. The molecular formula is C16H16O2. The minimum Gasteiger partial charge on any atom is -0.346 e. The van der Waals surface area contributed by atoms with Crippen molar-refractivity contribution in [3.05, 3.63) is 59.7 Å². The van der Waals surface area contributed by atoms with Gasteiger partial charge < -0.3 is 9.47 Å². The summed E-state index contributed by atoms with van der Waals surface area (Å²) in [4.78, 5) is 0. The molecule has 2 aromatic rings. The Morgan fingerprint density at radius 2 is 1.56 bits per heavy atom. The third-order valence-corrected chi connectivity index (χ3v) is 3.26. The smallest absolute Gasteiger partial charge is 0.184 e. The maximum atomic E-state index is 5.49. The highest BCUT2D eigenvalue weighted by Gasteiger charge is 2.17. The lowest BCUT2D eigenvalue weighted by molar-refractivity contribution is -0.0441. The first-order valence-electron chi connectivity index (χ1n) is 6.24. The van der Waals surface area contributed by atoms with Gasteiger partial charge in [0.05, 0.1) is 13.2 Å². The minimum absolute atomic E-state index is 0.184. The molecule has 2 aromatic carbocycles. The number of aryl methyl sites for hydroxylation is 1. The molecule has 0 unspecified atom stereocenters. The molecule has 0 spiro atoms. The monoisotopic (exact) mass is 240 g/mol. The summed E-state index contributed by atoms with van der Waals surface area (Å²) in [7, 11) is 0. The molecular weight excluding hydrogens is 224 g/mol. The average molecular weight is 240 g/mol. The second-order valence-corrected chi connectivity index (χ2v) is 4.51. The van der Waals surface area contributed by atoms with E-state index in [0.717, 1.165) is 5.56 Å². The van der Waals surface area contributed by atoms with Crippen LogP contribution >= 0.6 is 0 Å². The highest BCUT2D eigenvalue weighted by atomic mass is 16.7. The SMILES string of the molecule is Cc1ccccc1-c1ccc(C2OCCO2)cc1. The third kappa shape index (κ3) is 2.17. The van der Waals surface area contributed by atoms with Crippen molar-refractivity contribution in [1.82, 2.24) is 0 Å². The zero-order valence-electron chi connectivity index (χ0n) is 10.4. The molecule has 0 saturated carbocycles. The molecule has 1 saturated heterocycles. The van der Waals surface area contributed by atoms with E-state index < -0.39 is 0 Å². The molecule has 0 aromatic heterocycles. The van der Waals surface area contributed by atoms with Gasteiger partial charge in [-0.1, -0.05) is 48.5 Å². The van der Waals surface area contributed by atoms with Gasteiger partial charge in [-0.2, -0.15) is 0 Å². The Morgan fingerprint density at radius 3 is 2.22 bits per heavy atom. The average Bonchev–Trinajstić information content (AvgIpc) is 2.94. The summed E-state index contributed by atoms with van der Waals surface area (Å²) in [5, 5.41) is 0. The van der Waals surface area contributed by atoms with Crippen LogP contribution in [0.4, 0.5) is 0 Å². The predicted octanol–water partition coefficient (Wildman–Crippen LogP) is 3.71. The van der Waals surface area contributed by atoms with E-state index in [1.807, 2.05) is 0 Å². The summed E-state index contributed by atoms with van der Waals surface area (Å²) in [6.07, 6.45) is -0.184. The second kappa shape index (κ2) is 4.92. The van der Waals surface area contributed by atoms with E-state index in [2.05, 4.69) is 55.5 Å². The lowest BCUT2D eigenvalue weighted by Gasteiger charge is -2.11. The molecule has 0 aliphatic carbocycles. The van der Waals surface area contributed by atoms with Crippen molar-refractivity contribution in [3.8, 4) is 11.1 Å². The van der Waals surface area contributed by atoms with Gasteiger partial charge in [-0.15, -0.1) is 0 Å². The lowest BCUT2D eigenvalue weighted by atomic mass is 9.99. The molecule has 92 valence electrons. The molecule has 1 aliphatic heterocycles. The zero-order chi connectivity index (χ0) is 12.4. The van der Waals surface area contributed by atoms with E-state index in [1.165, 1.54) is 16.7 Å². The first kappa shape index (κ1) is 11.5. The van der Waals surface area contributed by atoms with E-state index in [-0.39, 0.29) is 6.29 Å². The summed E-state index contributed by atoms with van der Waals surface area (Å²) in [5.41, 5.74) is 4.88. The summed E-state index contributed by atoms with van der Waals surface area (Å²) in [5.74, 6) is 0. The van der Waals surface area contributed by atoms with Crippen LogP contribution < -0.4 is 0 Å². The van der Waals surface area contributed by atoms with E-state index in [0.29, 0.717) is 13.2 Å². The first-order chi connectivity index (χ1) is 8.84. The molecule has 1 heterocycles. The Balaban J connectivity index is 1.89. The second-order valence-electron chi connectivity index (χ2n) is 4.51. The summed E-state index contributed by atoms with van der Waals surface area (Å²) < 4.78 is 11.0. The van der Waals surface area contributed by atoms with E-state index >= 15 is 0 Å². The van der Waals surface area contributed by atoms with Gasteiger partial charge in [-0.25, -0.2) is 0 Å².